The lowest BCUT2D eigenvalue weighted by molar-refractivity contribution is 0.0990. The highest BCUT2D eigenvalue weighted by molar-refractivity contribution is 6.12. The van der Waals surface area contributed by atoms with E-state index in [1.807, 2.05) is 24.3 Å². The van der Waals surface area contributed by atoms with E-state index in [0.717, 1.165) is 0 Å². The van der Waals surface area contributed by atoms with E-state index < -0.39 is 11.7 Å². The molecular formula is C24H19FN2O3. The summed E-state index contributed by atoms with van der Waals surface area (Å²) in [5.74, 6) is -1.09. The second-order valence-electron chi connectivity index (χ2n) is 6.86. The molecule has 4 aromatic rings. The van der Waals surface area contributed by atoms with Crippen LogP contribution in [0.15, 0.2) is 77.2 Å². The van der Waals surface area contributed by atoms with E-state index in [-0.39, 0.29) is 23.7 Å². The topological polar surface area (TPSA) is 71.3 Å². The van der Waals surface area contributed by atoms with Crippen LogP contribution in [-0.2, 0) is 0 Å². The molecule has 30 heavy (non-hydrogen) atoms. The fourth-order valence-electron chi connectivity index (χ4n) is 3.13. The highest BCUT2D eigenvalue weighted by Crippen LogP contribution is 2.31. The third-order valence-electron chi connectivity index (χ3n) is 4.75. The number of fused-ring (bicyclic) bond motifs is 1. The Kier molecular flexibility index (Phi) is 5.30. The summed E-state index contributed by atoms with van der Waals surface area (Å²) in [6.07, 6.45) is 0. The summed E-state index contributed by atoms with van der Waals surface area (Å²) >= 11 is 0. The Morgan fingerprint density at radius 1 is 0.967 bits per heavy atom. The second kappa shape index (κ2) is 8.21. The number of para-hydroxylation sites is 2. The van der Waals surface area contributed by atoms with Crippen LogP contribution in [0.5, 0.6) is 0 Å². The van der Waals surface area contributed by atoms with Gasteiger partial charge >= 0.3 is 0 Å². The predicted octanol–water partition coefficient (Wildman–Crippen LogP) is 5.43. The average molecular weight is 402 g/mol. The molecule has 0 saturated heterocycles. The molecular weight excluding hydrogens is 383 g/mol. The zero-order valence-corrected chi connectivity index (χ0v) is 16.2. The number of carbonyl (C=O) groups is 2. The van der Waals surface area contributed by atoms with Gasteiger partial charge < -0.3 is 15.1 Å². The first-order valence-electron chi connectivity index (χ1n) is 9.44. The number of rotatable bonds is 6. The van der Waals surface area contributed by atoms with Gasteiger partial charge in [0.05, 0.1) is 12.2 Å². The maximum Gasteiger partial charge on any atom is 0.293 e. The summed E-state index contributed by atoms with van der Waals surface area (Å²) in [6, 6.07) is 20.5. The van der Waals surface area contributed by atoms with Crippen LogP contribution in [0.1, 0.15) is 26.5 Å². The lowest BCUT2D eigenvalue weighted by Crippen LogP contribution is -2.18. The molecule has 2 N–H and O–H groups in total. The van der Waals surface area contributed by atoms with Gasteiger partial charge in [0.1, 0.15) is 11.4 Å². The van der Waals surface area contributed by atoms with Crippen LogP contribution >= 0.6 is 0 Å². The van der Waals surface area contributed by atoms with Crippen molar-refractivity contribution in [1.29, 1.82) is 0 Å². The summed E-state index contributed by atoms with van der Waals surface area (Å²) in [7, 11) is 0. The Balaban J connectivity index is 1.60. The minimum atomic E-state index is -0.436. The van der Waals surface area contributed by atoms with Crippen molar-refractivity contribution in [3.05, 3.63) is 95.5 Å². The zero-order valence-electron chi connectivity index (χ0n) is 16.2. The maximum absolute atomic E-state index is 13.8. The van der Waals surface area contributed by atoms with E-state index in [2.05, 4.69) is 10.6 Å². The number of amides is 1. The maximum atomic E-state index is 13.8. The van der Waals surface area contributed by atoms with Crippen molar-refractivity contribution in [2.24, 2.45) is 0 Å². The number of furan rings is 1. The van der Waals surface area contributed by atoms with Gasteiger partial charge in [0.25, 0.3) is 5.91 Å². The number of benzene rings is 3. The molecule has 6 heteroatoms. The van der Waals surface area contributed by atoms with Crippen molar-refractivity contribution in [3.63, 3.8) is 0 Å². The highest BCUT2D eigenvalue weighted by Gasteiger charge is 2.21. The molecule has 1 amide bonds. The first-order valence-corrected chi connectivity index (χ1v) is 9.44. The van der Waals surface area contributed by atoms with Crippen LogP contribution in [-0.4, -0.2) is 18.2 Å². The summed E-state index contributed by atoms with van der Waals surface area (Å²) in [6.45, 7) is 1.52. The molecule has 0 radical (unpaired) electrons. The van der Waals surface area contributed by atoms with Crippen molar-refractivity contribution in [2.75, 3.05) is 17.2 Å². The summed E-state index contributed by atoms with van der Waals surface area (Å²) < 4.78 is 19.6. The minimum Gasteiger partial charge on any atom is -0.449 e. The van der Waals surface area contributed by atoms with Crippen molar-refractivity contribution in [3.8, 4) is 0 Å². The molecule has 5 nitrogen and oxygen atoms in total. The smallest absolute Gasteiger partial charge is 0.293 e. The third-order valence-corrected chi connectivity index (χ3v) is 4.75. The Morgan fingerprint density at radius 3 is 2.47 bits per heavy atom. The van der Waals surface area contributed by atoms with Gasteiger partial charge in [-0.1, -0.05) is 42.5 Å². The first kappa shape index (κ1) is 19.4. The number of aryl methyl sites for hydroxylation is 1. The van der Waals surface area contributed by atoms with E-state index in [9.17, 15) is 14.0 Å². The average Bonchev–Trinajstić information content (AvgIpc) is 3.13. The third kappa shape index (κ3) is 3.93. The largest absolute Gasteiger partial charge is 0.449 e. The first-order chi connectivity index (χ1) is 14.5. The number of anilines is 2. The van der Waals surface area contributed by atoms with Gasteiger partial charge in [-0.3, -0.25) is 9.59 Å². The quantitative estimate of drug-likeness (QED) is 0.422. The Hall–Kier alpha value is -3.93. The molecule has 0 bridgehead atoms. The fourth-order valence-corrected chi connectivity index (χ4v) is 3.13. The number of ketones is 1. The number of nitrogens with one attached hydrogen (secondary N) is 2. The van der Waals surface area contributed by atoms with E-state index >= 15 is 0 Å². The molecule has 0 aliphatic carbocycles. The Bertz CT molecular complexity index is 1230. The predicted molar refractivity (Wildman–Crippen MR) is 115 cm³/mol. The lowest BCUT2D eigenvalue weighted by atomic mass is 10.1. The summed E-state index contributed by atoms with van der Waals surface area (Å²) in [5.41, 5.74) is 2.29. The number of halogens is 1. The van der Waals surface area contributed by atoms with Crippen LogP contribution < -0.4 is 10.6 Å². The fraction of sp³-hybridized carbons (Fsp3) is 0.0833. The Morgan fingerprint density at radius 2 is 1.70 bits per heavy atom. The van der Waals surface area contributed by atoms with Gasteiger partial charge in [-0.2, -0.15) is 0 Å². The monoisotopic (exact) mass is 402 g/mol. The molecule has 0 aliphatic rings. The number of carbonyl (C=O) groups excluding carboxylic acids is 2. The molecule has 0 spiro atoms. The SMILES string of the molecule is Cc1ccc(C(=O)CNc2c(C(=O)Nc3ccccc3)oc3ccccc23)cc1F. The van der Waals surface area contributed by atoms with Crippen LogP contribution in [0.25, 0.3) is 11.0 Å². The minimum absolute atomic E-state index is 0.0722. The van der Waals surface area contributed by atoms with E-state index in [4.69, 9.17) is 4.42 Å². The molecule has 0 aliphatic heterocycles. The summed E-state index contributed by atoms with van der Waals surface area (Å²) in [5, 5.41) is 6.47. The number of hydrogen-bond donors (Lipinski definition) is 2. The van der Waals surface area contributed by atoms with E-state index in [0.29, 0.717) is 27.9 Å². The second-order valence-corrected chi connectivity index (χ2v) is 6.86. The molecule has 0 unspecified atom stereocenters. The normalized spacial score (nSPS) is 10.7. The molecule has 4 rings (SSSR count). The molecule has 1 heterocycles. The van der Waals surface area contributed by atoms with E-state index in [1.54, 1.807) is 49.4 Å². The molecule has 0 fully saturated rings. The van der Waals surface area contributed by atoms with Crippen molar-refractivity contribution in [1.82, 2.24) is 0 Å². The van der Waals surface area contributed by atoms with Gasteiger partial charge in [-0.25, -0.2) is 4.39 Å². The van der Waals surface area contributed by atoms with Gasteiger partial charge in [0, 0.05) is 16.6 Å². The molecule has 3 aromatic carbocycles. The molecule has 0 saturated carbocycles. The van der Waals surface area contributed by atoms with Gasteiger partial charge in [0.15, 0.2) is 5.78 Å². The van der Waals surface area contributed by atoms with Crippen molar-refractivity contribution < 1.29 is 18.4 Å². The van der Waals surface area contributed by atoms with Crippen LogP contribution in [0.3, 0.4) is 0 Å². The zero-order chi connectivity index (χ0) is 21.1. The molecule has 0 atom stereocenters. The number of Topliss-reactive ketones (excluding diaryl/α,β-unsaturated/α-hetero) is 1. The van der Waals surface area contributed by atoms with Crippen LogP contribution in [0.2, 0.25) is 0 Å². The van der Waals surface area contributed by atoms with Crippen molar-refractivity contribution >= 4 is 34.0 Å². The molecule has 1 aromatic heterocycles. The Labute approximate surface area is 172 Å². The van der Waals surface area contributed by atoms with Crippen molar-refractivity contribution in [2.45, 2.75) is 6.92 Å². The summed E-state index contributed by atoms with van der Waals surface area (Å²) in [4.78, 5) is 25.4. The van der Waals surface area contributed by atoms with Gasteiger partial charge in [0.2, 0.25) is 5.76 Å². The lowest BCUT2D eigenvalue weighted by Gasteiger charge is -2.08. The van der Waals surface area contributed by atoms with Crippen LogP contribution in [0, 0.1) is 12.7 Å². The highest BCUT2D eigenvalue weighted by atomic mass is 19.1. The number of hydrogen-bond acceptors (Lipinski definition) is 4. The van der Waals surface area contributed by atoms with Gasteiger partial charge in [-0.05, 0) is 42.8 Å². The standard InChI is InChI=1S/C24H19FN2O3/c1-15-11-12-16(13-19(15)25)20(28)14-26-22-18-9-5-6-10-21(18)30-23(22)24(29)27-17-7-3-2-4-8-17/h2-13,26H,14H2,1H3,(H,27,29). The van der Waals surface area contributed by atoms with E-state index in [1.165, 1.54) is 6.07 Å². The van der Waals surface area contributed by atoms with Crippen LogP contribution in [0.4, 0.5) is 15.8 Å². The van der Waals surface area contributed by atoms with Gasteiger partial charge in [-0.15, -0.1) is 0 Å². The molecule has 150 valence electrons.